The molecule has 1 heterocycles. The van der Waals surface area contributed by atoms with Crippen LogP contribution in [0.3, 0.4) is 0 Å². The summed E-state index contributed by atoms with van der Waals surface area (Å²) >= 11 is 11.8. The van der Waals surface area contributed by atoms with Gasteiger partial charge in [-0.2, -0.15) is 0 Å². The number of rotatable bonds is 6. The van der Waals surface area contributed by atoms with Crippen molar-refractivity contribution in [2.75, 3.05) is 0 Å². The first kappa shape index (κ1) is 13.5. The molecule has 0 N–H and O–H groups in total. The Kier molecular flexibility index (Phi) is 6.25. The Hall–Kier alpha value is 0.470. The molecule has 3 heteroatoms. The van der Waals surface area contributed by atoms with Gasteiger partial charge in [0.05, 0.1) is 5.38 Å². The second-order valence-electron chi connectivity index (χ2n) is 3.89. The molecule has 0 nitrogen and oxygen atoms in total. The summed E-state index contributed by atoms with van der Waals surface area (Å²) in [6, 6.07) is 2.15. The van der Waals surface area contributed by atoms with Crippen molar-refractivity contribution < 1.29 is 0 Å². The minimum atomic E-state index is 0.190. The highest BCUT2D eigenvalue weighted by atomic mass is 79.9. The van der Waals surface area contributed by atoms with E-state index in [9.17, 15) is 0 Å². The van der Waals surface area contributed by atoms with Gasteiger partial charge in [0.1, 0.15) is 0 Å². The van der Waals surface area contributed by atoms with Crippen molar-refractivity contribution in [2.45, 2.75) is 51.3 Å². The van der Waals surface area contributed by atoms with Gasteiger partial charge in [-0.1, -0.05) is 32.6 Å². The molecule has 0 aliphatic rings. The quantitative estimate of drug-likeness (QED) is 0.442. The van der Waals surface area contributed by atoms with E-state index < -0.39 is 0 Å². The van der Waals surface area contributed by atoms with Gasteiger partial charge in [-0.3, -0.25) is 0 Å². The normalized spacial score (nSPS) is 13.1. The Morgan fingerprint density at radius 1 is 1.40 bits per heavy atom. The van der Waals surface area contributed by atoms with E-state index in [4.69, 9.17) is 11.6 Å². The monoisotopic (exact) mass is 308 g/mol. The molecule has 0 amide bonds. The lowest BCUT2D eigenvalue weighted by Gasteiger charge is -2.07. The van der Waals surface area contributed by atoms with Crippen LogP contribution in [0, 0.1) is 6.92 Å². The number of halogens is 2. The second-order valence-corrected chi connectivity index (χ2v) is 6.56. The maximum atomic E-state index is 6.38. The number of alkyl halides is 1. The van der Waals surface area contributed by atoms with Crippen molar-refractivity contribution in [3.63, 3.8) is 0 Å². The average molecular weight is 310 g/mol. The number of thiophene rings is 1. The molecule has 0 radical (unpaired) electrons. The van der Waals surface area contributed by atoms with E-state index in [1.807, 2.05) is 11.3 Å². The van der Waals surface area contributed by atoms with Crippen LogP contribution < -0.4 is 0 Å². The van der Waals surface area contributed by atoms with Crippen LogP contribution in [0.2, 0.25) is 0 Å². The fraction of sp³-hybridized carbons (Fsp3) is 0.667. The highest BCUT2D eigenvalue weighted by molar-refractivity contribution is 9.10. The molecule has 0 fully saturated rings. The van der Waals surface area contributed by atoms with Crippen LogP contribution >= 0.6 is 38.9 Å². The molecule has 1 atom stereocenters. The van der Waals surface area contributed by atoms with Crippen LogP contribution in [-0.4, -0.2) is 0 Å². The molecule has 86 valence electrons. The van der Waals surface area contributed by atoms with Crippen LogP contribution in [-0.2, 0) is 0 Å². The van der Waals surface area contributed by atoms with E-state index in [-0.39, 0.29) is 5.38 Å². The molecular weight excluding hydrogens is 292 g/mol. The van der Waals surface area contributed by atoms with Crippen LogP contribution in [0.4, 0.5) is 0 Å². The minimum Gasteiger partial charge on any atom is -0.143 e. The minimum absolute atomic E-state index is 0.190. The third-order valence-electron chi connectivity index (χ3n) is 2.43. The summed E-state index contributed by atoms with van der Waals surface area (Å²) in [5.41, 5.74) is 0. The van der Waals surface area contributed by atoms with Crippen molar-refractivity contribution in [3.8, 4) is 0 Å². The molecule has 1 rings (SSSR count). The van der Waals surface area contributed by atoms with Gasteiger partial charge in [-0.15, -0.1) is 22.9 Å². The molecule has 0 bridgehead atoms. The summed E-state index contributed by atoms with van der Waals surface area (Å²) in [7, 11) is 0. The van der Waals surface area contributed by atoms with Gasteiger partial charge in [0.2, 0.25) is 0 Å². The Balaban J connectivity index is 2.39. The first-order valence-corrected chi connectivity index (χ1v) is 7.59. The summed E-state index contributed by atoms with van der Waals surface area (Å²) in [6.45, 7) is 4.36. The fourth-order valence-electron chi connectivity index (χ4n) is 1.60. The average Bonchev–Trinajstić information content (AvgIpc) is 2.52. The van der Waals surface area contributed by atoms with Gasteiger partial charge in [0.15, 0.2) is 0 Å². The van der Waals surface area contributed by atoms with E-state index >= 15 is 0 Å². The molecule has 0 aliphatic heterocycles. The first-order chi connectivity index (χ1) is 7.15. The largest absolute Gasteiger partial charge is 0.143 e. The summed E-state index contributed by atoms with van der Waals surface area (Å²) in [4.78, 5) is 2.63. The molecule has 0 spiro atoms. The van der Waals surface area contributed by atoms with Crippen LogP contribution in [0.1, 0.15) is 54.2 Å². The Morgan fingerprint density at radius 2 is 2.13 bits per heavy atom. The van der Waals surface area contributed by atoms with Crippen LogP contribution in [0.25, 0.3) is 0 Å². The van der Waals surface area contributed by atoms with E-state index in [0.29, 0.717) is 0 Å². The highest BCUT2D eigenvalue weighted by Crippen LogP contribution is 2.38. The molecule has 1 aromatic heterocycles. The standard InChI is InChI=1S/C12H18BrClS/c1-3-4-5-6-7-11(14)12-10(13)8-9(2)15-12/h8,11H,3-7H2,1-2H3. The first-order valence-electron chi connectivity index (χ1n) is 5.55. The maximum absolute atomic E-state index is 6.38. The van der Waals surface area contributed by atoms with Gasteiger partial charge in [0, 0.05) is 14.2 Å². The van der Waals surface area contributed by atoms with Gasteiger partial charge in [-0.05, 0) is 35.3 Å². The van der Waals surface area contributed by atoms with Gasteiger partial charge in [0.25, 0.3) is 0 Å². The number of hydrogen-bond donors (Lipinski definition) is 0. The van der Waals surface area contributed by atoms with Gasteiger partial charge in [-0.25, -0.2) is 0 Å². The predicted octanol–water partition coefficient (Wildman–Crippen LogP) is 6.07. The zero-order valence-corrected chi connectivity index (χ0v) is 12.5. The Labute approximate surface area is 110 Å². The molecule has 15 heavy (non-hydrogen) atoms. The second kappa shape index (κ2) is 6.93. The van der Waals surface area contributed by atoms with Crippen molar-refractivity contribution in [2.24, 2.45) is 0 Å². The van der Waals surface area contributed by atoms with Crippen LogP contribution in [0.5, 0.6) is 0 Å². The number of aryl methyl sites for hydroxylation is 1. The molecular formula is C12H18BrClS. The number of unbranched alkanes of at least 4 members (excludes halogenated alkanes) is 3. The third kappa shape index (κ3) is 4.46. The zero-order chi connectivity index (χ0) is 11.3. The van der Waals surface area contributed by atoms with Gasteiger partial charge < -0.3 is 0 Å². The molecule has 1 aromatic rings. The predicted molar refractivity (Wildman–Crippen MR) is 74.1 cm³/mol. The van der Waals surface area contributed by atoms with E-state index in [1.54, 1.807) is 0 Å². The van der Waals surface area contributed by atoms with Crippen molar-refractivity contribution in [1.29, 1.82) is 0 Å². The lowest BCUT2D eigenvalue weighted by atomic mass is 10.1. The van der Waals surface area contributed by atoms with E-state index in [2.05, 4.69) is 35.8 Å². The summed E-state index contributed by atoms with van der Waals surface area (Å²) in [5, 5.41) is 0.190. The molecule has 1 unspecified atom stereocenters. The SMILES string of the molecule is CCCCCCC(Cl)c1sc(C)cc1Br. The van der Waals surface area contributed by atoms with E-state index in [1.165, 1.54) is 39.9 Å². The fourth-order valence-corrected chi connectivity index (χ4v) is 4.07. The Bertz CT molecular complexity index is 296. The molecule has 0 aromatic carbocycles. The van der Waals surface area contributed by atoms with Gasteiger partial charge >= 0.3 is 0 Å². The molecule has 0 saturated carbocycles. The zero-order valence-electron chi connectivity index (χ0n) is 9.35. The smallest absolute Gasteiger partial charge is 0.0690 e. The van der Waals surface area contributed by atoms with E-state index in [0.717, 1.165) is 6.42 Å². The maximum Gasteiger partial charge on any atom is 0.0690 e. The molecule has 0 saturated heterocycles. The van der Waals surface area contributed by atoms with Crippen molar-refractivity contribution >= 4 is 38.9 Å². The number of hydrogen-bond acceptors (Lipinski definition) is 1. The van der Waals surface area contributed by atoms with Crippen molar-refractivity contribution in [1.82, 2.24) is 0 Å². The summed E-state index contributed by atoms with van der Waals surface area (Å²) in [6.07, 6.45) is 6.26. The lowest BCUT2D eigenvalue weighted by Crippen LogP contribution is -1.88. The van der Waals surface area contributed by atoms with Crippen molar-refractivity contribution in [3.05, 3.63) is 20.3 Å². The topological polar surface area (TPSA) is 0 Å². The summed E-state index contributed by atoms with van der Waals surface area (Å²) < 4.78 is 1.18. The van der Waals surface area contributed by atoms with Crippen LogP contribution in [0.15, 0.2) is 10.5 Å². The lowest BCUT2D eigenvalue weighted by molar-refractivity contribution is 0.626. The third-order valence-corrected chi connectivity index (χ3v) is 5.08. The summed E-state index contributed by atoms with van der Waals surface area (Å²) in [5.74, 6) is 0. The highest BCUT2D eigenvalue weighted by Gasteiger charge is 2.13. The molecule has 0 aliphatic carbocycles. The Morgan fingerprint density at radius 3 is 2.67 bits per heavy atom.